The summed E-state index contributed by atoms with van der Waals surface area (Å²) in [6, 6.07) is 8.97. The van der Waals surface area contributed by atoms with Crippen molar-refractivity contribution < 1.29 is 18.6 Å². The number of hydrogen-bond donors (Lipinski definition) is 2. The number of nitrogens with zero attached hydrogens (tertiary/aromatic N) is 2. The van der Waals surface area contributed by atoms with Crippen LogP contribution in [0.5, 0.6) is 17.4 Å². The van der Waals surface area contributed by atoms with Gasteiger partial charge in [0, 0.05) is 34.9 Å². The van der Waals surface area contributed by atoms with Crippen LogP contribution in [0.3, 0.4) is 0 Å². The number of rotatable bonds is 7. The Hall–Kier alpha value is -3.52. The number of aromatic nitrogens is 2. The highest BCUT2D eigenvalue weighted by molar-refractivity contribution is 5.78. The monoisotopic (exact) mass is 450 g/mol. The van der Waals surface area contributed by atoms with Gasteiger partial charge in [-0.1, -0.05) is 26.8 Å². The average molecular weight is 451 g/mol. The van der Waals surface area contributed by atoms with Crippen molar-refractivity contribution in [1.82, 2.24) is 9.97 Å². The lowest BCUT2D eigenvalue weighted by Gasteiger charge is -2.29. The van der Waals surface area contributed by atoms with Crippen LogP contribution in [0, 0.1) is 16.6 Å². The zero-order valence-electron chi connectivity index (χ0n) is 18.9. The molecule has 0 radical (unpaired) electrons. The van der Waals surface area contributed by atoms with Crippen LogP contribution in [0.25, 0.3) is 11.1 Å². The van der Waals surface area contributed by atoms with E-state index in [1.165, 1.54) is 12.3 Å². The van der Waals surface area contributed by atoms with E-state index in [4.69, 9.17) is 25.4 Å². The standard InChI is InChI=1S/C25H27FN4O3/c1-25(2,3)14-32-24-8-19-20(12-31-13-23(27)28)18-7-15(16-6-17(26)10-29-9-16)4-5-21(18)33-22(19)11-30-24/h4-11,20H,12-14H2,1-3H3,(H3,27,28). The predicted octanol–water partition coefficient (Wildman–Crippen LogP) is 4.90. The van der Waals surface area contributed by atoms with Crippen molar-refractivity contribution in [3.8, 4) is 28.5 Å². The van der Waals surface area contributed by atoms with Gasteiger partial charge >= 0.3 is 0 Å². The van der Waals surface area contributed by atoms with Gasteiger partial charge in [0.25, 0.3) is 0 Å². The van der Waals surface area contributed by atoms with Crippen molar-refractivity contribution in [2.45, 2.75) is 26.7 Å². The van der Waals surface area contributed by atoms with Crippen LogP contribution in [0.4, 0.5) is 4.39 Å². The molecule has 3 N–H and O–H groups in total. The molecule has 0 bridgehead atoms. The first-order chi connectivity index (χ1) is 15.7. The SMILES string of the molecule is CC(C)(C)COc1cc2c(cn1)Oc1ccc(-c3cncc(F)c3)cc1C2COCC(=N)N. The minimum absolute atomic E-state index is 0.0153. The molecule has 1 aromatic carbocycles. The van der Waals surface area contributed by atoms with Gasteiger partial charge in [-0.3, -0.25) is 10.4 Å². The maximum Gasteiger partial charge on any atom is 0.213 e. The van der Waals surface area contributed by atoms with Gasteiger partial charge in [-0.15, -0.1) is 0 Å². The van der Waals surface area contributed by atoms with E-state index in [0.717, 1.165) is 16.7 Å². The quantitative estimate of drug-likeness (QED) is 0.392. The summed E-state index contributed by atoms with van der Waals surface area (Å²) in [6.07, 6.45) is 4.44. The molecule has 3 aromatic rings. The Morgan fingerprint density at radius 1 is 1.09 bits per heavy atom. The Kier molecular flexibility index (Phi) is 6.29. The summed E-state index contributed by atoms with van der Waals surface area (Å²) in [5.74, 6) is 1.10. The van der Waals surface area contributed by atoms with Crippen LogP contribution in [0.15, 0.2) is 48.9 Å². The normalized spacial score (nSPS) is 14.7. The van der Waals surface area contributed by atoms with Gasteiger partial charge in [0.1, 0.15) is 29.8 Å². The molecule has 0 spiro atoms. The highest BCUT2D eigenvalue weighted by Gasteiger charge is 2.29. The second-order valence-corrected chi connectivity index (χ2v) is 9.25. The van der Waals surface area contributed by atoms with Gasteiger partial charge in [0.2, 0.25) is 5.88 Å². The van der Waals surface area contributed by atoms with E-state index >= 15 is 0 Å². The summed E-state index contributed by atoms with van der Waals surface area (Å²) in [5, 5.41) is 7.47. The fourth-order valence-electron chi connectivity index (χ4n) is 3.58. The third-order valence-electron chi connectivity index (χ3n) is 5.09. The van der Waals surface area contributed by atoms with Crippen molar-refractivity contribution in [3.63, 3.8) is 0 Å². The molecule has 1 atom stereocenters. The van der Waals surface area contributed by atoms with E-state index in [0.29, 0.717) is 29.5 Å². The highest BCUT2D eigenvalue weighted by atomic mass is 19.1. The maximum atomic E-state index is 13.7. The molecular weight excluding hydrogens is 423 g/mol. The zero-order valence-corrected chi connectivity index (χ0v) is 18.9. The molecule has 0 fully saturated rings. The minimum atomic E-state index is -0.403. The summed E-state index contributed by atoms with van der Waals surface area (Å²) in [6.45, 7) is 7.08. The van der Waals surface area contributed by atoms with Crippen molar-refractivity contribution in [1.29, 1.82) is 5.41 Å². The molecule has 1 aliphatic heterocycles. The maximum absolute atomic E-state index is 13.7. The Balaban J connectivity index is 1.72. The molecule has 1 unspecified atom stereocenters. The molecule has 4 rings (SSSR count). The zero-order chi connectivity index (χ0) is 23.6. The van der Waals surface area contributed by atoms with Crippen LogP contribution in [0.2, 0.25) is 0 Å². The number of nitrogens with two attached hydrogens (primary N) is 1. The van der Waals surface area contributed by atoms with Crippen LogP contribution >= 0.6 is 0 Å². The largest absolute Gasteiger partial charge is 0.477 e. The molecule has 33 heavy (non-hydrogen) atoms. The second kappa shape index (κ2) is 9.15. The average Bonchev–Trinajstić information content (AvgIpc) is 2.76. The van der Waals surface area contributed by atoms with E-state index in [9.17, 15) is 4.39 Å². The fraction of sp³-hybridized carbons (Fsp3) is 0.320. The Morgan fingerprint density at radius 3 is 2.61 bits per heavy atom. The van der Waals surface area contributed by atoms with Gasteiger partial charge < -0.3 is 19.9 Å². The van der Waals surface area contributed by atoms with Crippen molar-refractivity contribution in [3.05, 3.63) is 65.9 Å². The van der Waals surface area contributed by atoms with Gasteiger partial charge in [-0.2, -0.15) is 0 Å². The summed E-state index contributed by atoms with van der Waals surface area (Å²) in [5.41, 5.74) is 8.67. The predicted molar refractivity (Wildman–Crippen MR) is 123 cm³/mol. The van der Waals surface area contributed by atoms with E-state index in [-0.39, 0.29) is 30.4 Å². The number of halogens is 1. The number of nitrogens with one attached hydrogen (secondary N) is 1. The first-order valence-corrected chi connectivity index (χ1v) is 10.7. The van der Waals surface area contributed by atoms with Crippen molar-refractivity contribution in [2.24, 2.45) is 11.1 Å². The Bertz CT molecular complexity index is 1180. The number of ether oxygens (including phenoxy) is 3. The lowest BCUT2D eigenvalue weighted by Crippen LogP contribution is -2.22. The second-order valence-electron chi connectivity index (χ2n) is 9.25. The van der Waals surface area contributed by atoms with Crippen LogP contribution < -0.4 is 15.2 Å². The molecule has 0 saturated carbocycles. The number of fused-ring (bicyclic) bond motifs is 2. The summed E-state index contributed by atoms with van der Waals surface area (Å²) >= 11 is 0. The lowest BCUT2D eigenvalue weighted by atomic mass is 9.87. The molecule has 0 aliphatic carbocycles. The van der Waals surface area contributed by atoms with Gasteiger partial charge in [-0.25, -0.2) is 9.37 Å². The first-order valence-electron chi connectivity index (χ1n) is 10.7. The molecule has 0 saturated heterocycles. The minimum Gasteiger partial charge on any atom is -0.477 e. The fourth-order valence-corrected chi connectivity index (χ4v) is 3.58. The molecule has 8 heteroatoms. The van der Waals surface area contributed by atoms with E-state index < -0.39 is 5.82 Å². The number of amidine groups is 1. The Morgan fingerprint density at radius 2 is 1.88 bits per heavy atom. The number of benzene rings is 1. The van der Waals surface area contributed by atoms with Gasteiger partial charge in [0.05, 0.1) is 25.6 Å². The smallest absolute Gasteiger partial charge is 0.213 e. The number of pyridine rings is 2. The van der Waals surface area contributed by atoms with E-state index in [1.54, 1.807) is 12.4 Å². The van der Waals surface area contributed by atoms with E-state index in [1.807, 2.05) is 24.3 Å². The van der Waals surface area contributed by atoms with E-state index in [2.05, 4.69) is 30.7 Å². The topological polar surface area (TPSA) is 103 Å². The molecule has 172 valence electrons. The molecule has 3 heterocycles. The molecule has 2 aromatic heterocycles. The Labute approximate surface area is 192 Å². The first kappa shape index (κ1) is 22.7. The molecular formula is C25H27FN4O3. The number of hydrogen-bond acceptors (Lipinski definition) is 6. The van der Waals surface area contributed by atoms with Gasteiger partial charge in [0.15, 0.2) is 0 Å². The summed E-state index contributed by atoms with van der Waals surface area (Å²) < 4.78 is 31.5. The van der Waals surface area contributed by atoms with Crippen LogP contribution in [-0.4, -0.2) is 35.6 Å². The lowest BCUT2D eigenvalue weighted by molar-refractivity contribution is 0.158. The molecule has 1 aliphatic rings. The summed E-state index contributed by atoms with van der Waals surface area (Å²) in [7, 11) is 0. The molecule has 7 nitrogen and oxygen atoms in total. The molecule has 0 amide bonds. The van der Waals surface area contributed by atoms with Crippen molar-refractivity contribution >= 4 is 5.84 Å². The van der Waals surface area contributed by atoms with Crippen LogP contribution in [-0.2, 0) is 4.74 Å². The summed E-state index contributed by atoms with van der Waals surface area (Å²) in [4.78, 5) is 8.35. The van der Waals surface area contributed by atoms with Crippen molar-refractivity contribution in [2.75, 3.05) is 19.8 Å². The third-order valence-corrected chi connectivity index (χ3v) is 5.09. The third kappa shape index (κ3) is 5.46. The highest BCUT2D eigenvalue weighted by Crippen LogP contribution is 2.46. The van der Waals surface area contributed by atoms with Gasteiger partial charge in [-0.05, 0) is 29.2 Å². The van der Waals surface area contributed by atoms with Crippen LogP contribution in [0.1, 0.15) is 37.8 Å².